The van der Waals surface area contributed by atoms with Gasteiger partial charge >= 0.3 is 0 Å². The summed E-state index contributed by atoms with van der Waals surface area (Å²) < 4.78 is 11.2. The van der Waals surface area contributed by atoms with Gasteiger partial charge in [0.25, 0.3) is 5.89 Å². The SMILES string of the molecule is Cc1n[nH]c(C)c1CCC(=O)N1CCC(OCc2nc(C3CC3)no2)CC1. The lowest BCUT2D eigenvalue weighted by molar-refractivity contribution is -0.134. The van der Waals surface area contributed by atoms with Crippen molar-refractivity contribution in [3.63, 3.8) is 0 Å². The van der Waals surface area contributed by atoms with Crippen molar-refractivity contribution in [2.75, 3.05) is 13.1 Å². The molecule has 1 N–H and O–H groups in total. The van der Waals surface area contributed by atoms with Crippen molar-refractivity contribution >= 4 is 5.91 Å². The van der Waals surface area contributed by atoms with Gasteiger partial charge in [-0.3, -0.25) is 9.89 Å². The largest absolute Gasteiger partial charge is 0.368 e. The van der Waals surface area contributed by atoms with Crippen molar-refractivity contribution in [3.8, 4) is 0 Å². The molecule has 27 heavy (non-hydrogen) atoms. The van der Waals surface area contributed by atoms with E-state index in [-0.39, 0.29) is 12.0 Å². The monoisotopic (exact) mass is 373 g/mol. The molecule has 0 spiro atoms. The number of aromatic amines is 1. The van der Waals surface area contributed by atoms with E-state index in [1.807, 2.05) is 18.7 Å². The molecule has 8 nitrogen and oxygen atoms in total. The molecular formula is C19H27N5O3. The summed E-state index contributed by atoms with van der Waals surface area (Å²) in [7, 11) is 0. The maximum atomic E-state index is 12.5. The zero-order chi connectivity index (χ0) is 18.8. The summed E-state index contributed by atoms with van der Waals surface area (Å²) in [5.74, 6) is 2.07. The van der Waals surface area contributed by atoms with E-state index in [9.17, 15) is 4.79 Å². The van der Waals surface area contributed by atoms with Crippen LogP contribution in [0.15, 0.2) is 4.52 Å². The first-order valence-electron chi connectivity index (χ1n) is 9.82. The minimum absolute atomic E-state index is 0.142. The van der Waals surface area contributed by atoms with Crippen LogP contribution in [0.3, 0.4) is 0 Å². The van der Waals surface area contributed by atoms with E-state index < -0.39 is 0 Å². The molecule has 4 rings (SSSR count). The Bertz CT molecular complexity index is 768. The highest BCUT2D eigenvalue weighted by Crippen LogP contribution is 2.38. The third-order valence-corrected chi connectivity index (χ3v) is 5.53. The van der Waals surface area contributed by atoms with Crippen LogP contribution in [0.5, 0.6) is 0 Å². The number of nitrogens with one attached hydrogen (secondary N) is 1. The van der Waals surface area contributed by atoms with Crippen molar-refractivity contribution < 1.29 is 14.1 Å². The van der Waals surface area contributed by atoms with Crippen molar-refractivity contribution in [1.29, 1.82) is 0 Å². The van der Waals surface area contributed by atoms with Gasteiger partial charge < -0.3 is 14.2 Å². The highest BCUT2D eigenvalue weighted by Gasteiger charge is 2.29. The second kappa shape index (κ2) is 7.80. The smallest absolute Gasteiger partial charge is 0.252 e. The van der Waals surface area contributed by atoms with E-state index in [0.29, 0.717) is 24.8 Å². The highest BCUT2D eigenvalue weighted by atomic mass is 16.5. The number of H-pyrrole nitrogens is 1. The summed E-state index contributed by atoms with van der Waals surface area (Å²) in [6.45, 7) is 5.81. The fraction of sp³-hybridized carbons (Fsp3) is 0.684. The number of nitrogens with zero attached hydrogens (tertiary/aromatic N) is 4. The number of rotatable bonds is 7. The molecule has 146 valence electrons. The molecule has 3 heterocycles. The molecule has 2 aromatic rings. The Morgan fingerprint density at radius 2 is 2.04 bits per heavy atom. The first-order chi connectivity index (χ1) is 13.1. The Balaban J connectivity index is 1.18. The Morgan fingerprint density at radius 3 is 2.70 bits per heavy atom. The minimum Gasteiger partial charge on any atom is -0.368 e. The Morgan fingerprint density at radius 1 is 1.26 bits per heavy atom. The predicted octanol–water partition coefficient (Wildman–Crippen LogP) is 2.43. The van der Waals surface area contributed by atoms with Crippen LogP contribution in [0.2, 0.25) is 0 Å². The van der Waals surface area contributed by atoms with Gasteiger partial charge in [-0.25, -0.2) is 0 Å². The molecule has 0 radical (unpaired) electrons. The zero-order valence-electron chi connectivity index (χ0n) is 16.0. The summed E-state index contributed by atoms with van der Waals surface area (Å²) in [6.07, 6.45) is 5.42. The summed E-state index contributed by atoms with van der Waals surface area (Å²) in [6, 6.07) is 0. The third-order valence-electron chi connectivity index (χ3n) is 5.53. The normalized spacial score (nSPS) is 18.2. The maximum absolute atomic E-state index is 12.5. The first kappa shape index (κ1) is 18.2. The summed E-state index contributed by atoms with van der Waals surface area (Å²) in [5.41, 5.74) is 3.20. The molecular weight excluding hydrogens is 346 g/mol. The number of hydrogen-bond acceptors (Lipinski definition) is 6. The molecule has 1 saturated carbocycles. The van der Waals surface area contributed by atoms with Crippen LogP contribution in [-0.2, 0) is 22.6 Å². The number of carbonyl (C=O) groups excluding carboxylic acids is 1. The van der Waals surface area contributed by atoms with Crippen LogP contribution in [0.1, 0.15) is 66.7 Å². The van der Waals surface area contributed by atoms with Gasteiger partial charge in [0.15, 0.2) is 5.82 Å². The number of aryl methyl sites for hydroxylation is 2. The molecule has 2 aliphatic rings. The van der Waals surface area contributed by atoms with Crippen LogP contribution < -0.4 is 0 Å². The van der Waals surface area contributed by atoms with Crippen LogP contribution in [0.4, 0.5) is 0 Å². The molecule has 1 aliphatic heterocycles. The Labute approximate surface area is 158 Å². The average molecular weight is 373 g/mol. The lowest BCUT2D eigenvalue weighted by Crippen LogP contribution is -2.41. The average Bonchev–Trinajstić information content (AvgIpc) is 3.34. The van der Waals surface area contributed by atoms with Gasteiger partial charge in [0.05, 0.1) is 11.8 Å². The summed E-state index contributed by atoms with van der Waals surface area (Å²) in [5, 5.41) is 11.2. The molecule has 0 atom stereocenters. The number of amides is 1. The van der Waals surface area contributed by atoms with Gasteiger partial charge in [-0.1, -0.05) is 5.16 Å². The number of aromatic nitrogens is 4. The molecule has 0 aromatic carbocycles. The van der Waals surface area contributed by atoms with Crippen molar-refractivity contribution in [1.82, 2.24) is 25.2 Å². The van der Waals surface area contributed by atoms with Gasteiger partial charge in [0, 0.05) is 31.1 Å². The number of piperidine rings is 1. The lowest BCUT2D eigenvalue weighted by Gasteiger charge is -2.31. The Kier molecular flexibility index (Phi) is 5.24. The van der Waals surface area contributed by atoms with Gasteiger partial charge in [0.2, 0.25) is 5.91 Å². The standard InChI is InChI=1S/C19H27N5O3/c1-12-16(13(2)22-21-12)5-6-18(25)24-9-7-15(8-10-24)26-11-17-20-19(23-27-17)14-3-4-14/h14-15H,3-11H2,1-2H3,(H,21,22). The van der Waals surface area contributed by atoms with Crippen LogP contribution in [0, 0.1) is 13.8 Å². The molecule has 8 heteroatoms. The lowest BCUT2D eigenvalue weighted by atomic mass is 10.0. The van der Waals surface area contributed by atoms with Gasteiger partial charge in [-0.15, -0.1) is 0 Å². The molecule has 1 saturated heterocycles. The minimum atomic E-state index is 0.142. The maximum Gasteiger partial charge on any atom is 0.252 e. The second-order valence-corrected chi connectivity index (χ2v) is 7.62. The summed E-state index contributed by atoms with van der Waals surface area (Å²) in [4.78, 5) is 18.8. The molecule has 2 fully saturated rings. The highest BCUT2D eigenvalue weighted by molar-refractivity contribution is 5.76. The molecule has 0 unspecified atom stereocenters. The van der Waals surface area contributed by atoms with E-state index in [0.717, 1.165) is 68.0 Å². The Hall–Kier alpha value is -2.22. The fourth-order valence-corrected chi connectivity index (χ4v) is 3.63. The van der Waals surface area contributed by atoms with Crippen molar-refractivity contribution in [3.05, 3.63) is 28.7 Å². The third kappa shape index (κ3) is 4.37. The second-order valence-electron chi connectivity index (χ2n) is 7.62. The molecule has 1 aliphatic carbocycles. The summed E-state index contributed by atoms with van der Waals surface area (Å²) >= 11 is 0. The van der Waals surface area contributed by atoms with Gasteiger partial charge in [-0.05, 0) is 51.5 Å². The van der Waals surface area contributed by atoms with E-state index in [1.165, 1.54) is 0 Å². The van der Waals surface area contributed by atoms with Crippen LogP contribution in [-0.4, -0.2) is 50.3 Å². The predicted molar refractivity (Wildman–Crippen MR) is 97.0 cm³/mol. The van der Waals surface area contributed by atoms with Crippen molar-refractivity contribution in [2.45, 2.75) is 71.0 Å². The molecule has 1 amide bonds. The molecule has 2 aromatic heterocycles. The number of hydrogen-bond donors (Lipinski definition) is 1. The zero-order valence-corrected chi connectivity index (χ0v) is 16.0. The topological polar surface area (TPSA) is 97.1 Å². The van der Waals surface area contributed by atoms with Gasteiger partial charge in [0.1, 0.15) is 6.61 Å². The van der Waals surface area contributed by atoms with Crippen LogP contribution in [0.25, 0.3) is 0 Å². The fourth-order valence-electron chi connectivity index (χ4n) is 3.63. The van der Waals surface area contributed by atoms with E-state index in [4.69, 9.17) is 9.26 Å². The van der Waals surface area contributed by atoms with Crippen LogP contribution >= 0.6 is 0 Å². The number of likely N-dealkylation sites (tertiary alicyclic amines) is 1. The molecule has 0 bridgehead atoms. The van der Waals surface area contributed by atoms with Gasteiger partial charge in [-0.2, -0.15) is 10.1 Å². The van der Waals surface area contributed by atoms with E-state index in [2.05, 4.69) is 20.3 Å². The van der Waals surface area contributed by atoms with Crippen molar-refractivity contribution in [2.24, 2.45) is 0 Å². The number of ether oxygens (including phenoxy) is 1. The van der Waals surface area contributed by atoms with E-state index >= 15 is 0 Å². The number of carbonyl (C=O) groups is 1. The first-order valence-corrected chi connectivity index (χ1v) is 9.82. The van der Waals surface area contributed by atoms with E-state index in [1.54, 1.807) is 0 Å². The quantitative estimate of drug-likeness (QED) is 0.800.